The molecule has 2 rings (SSSR count). The average molecular weight is 192 g/mol. The van der Waals surface area contributed by atoms with Gasteiger partial charge in [0.2, 0.25) is 0 Å². The molecular weight excluding hydrogens is 180 g/mol. The summed E-state index contributed by atoms with van der Waals surface area (Å²) in [6.45, 7) is 5.98. The zero-order valence-corrected chi connectivity index (χ0v) is 8.25. The number of rotatable bonds is 2. The summed E-state index contributed by atoms with van der Waals surface area (Å²) in [6, 6.07) is -0.181. The molecule has 0 N–H and O–H groups in total. The van der Waals surface area contributed by atoms with Gasteiger partial charge in [-0.3, -0.25) is 0 Å². The highest BCUT2D eigenvalue weighted by molar-refractivity contribution is 6.16. The maximum Gasteiger partial charge on any atom is 0.192 e. The molecule has 2 heterocycles. The van der Waals surface area contributed by atoms with Crippen LogP contribution in [0.5, 0.6) is 0 Å². The average Bonchev–Trinajstić information content (AvgIpc) is 2.68. The van der Waals surface area contributed by atoms with Crippen LogP contribution in [0.4, 0.5) is 0 Å². The quantitative estimate of drug-likeness (QED) is 0.641. The van der Waals surface area contributed by atoms with E-state index in [0.29, 0.717) is 5.84 Å². The largest absolute Gasteiger partial charge is 0.358 e. The van der Waals surface area contributed by atoms with E-state index < -0.39 is 0 Å². The van der Waals surface area contributed by atoms with E-state index in [1.165, 1.54) is 6.34 Å². The summed E-state index contributed by atoms with van der Waals surface area (Å²) in [5.41, 5.74) is 0. The lowest BCUT2D eigenvalue weighted by atomic mass is 10.2. The van der Waals surface area contributed by atoms with Crippen molar-refractivity contribution in [2.75, 3.05) is 13.1 Å². The van der Waals surface area contributed by atoms with Crippen molar-refractivity contribution in [1.82, 2.24) is 4.90 Å². The summed E-state index contributed by atoms with van der Waals surface area (Å²) in [7, 11) is 0. The first-order chi connectivity index (χ1) is 6.86. The molecule has 0 fully saturated rings. The van der Waals surface area contributed by atoms with Crippen LogP contribution in [0.2, 0.25) is 0 Å². The highest BCUT2D eigenvalue weighted by atomic mass is 15.5. The predicted molar refractivity (Wildman–Crippen MR) is 54.9 cm³/mol. The number of aliphatic imine (C=N–C) groups is 2. The van der Waals surface area contributed by atoms with E-state index in [2.05, 4.69) is 44.2 Å². The van der Waals surface area contributed by atoms with Gasteiger partial charge in [-0.25, -0.2) is 9.98 Å². The van der Waals surface area contributed by atoms with Gasteiger partial charge < -0.3 is 4.90 Å². The number of nitrogens with zero attached hydrogens (tertiary/aromatic N) is 6. The third kappa shape index (κ3) is 1.32. The molecule has 74 valence electrons. The molecule has 6 nitrogen and oxygen atoms in total. The molecule has 2 aliphatic heterocycles. The molecule has 0 aliphatic carbocycles. The summed E-state index contributed by atoms with van der Waals surface area (Å²) in [5.74, 6) is 1.53. The summed E-state index contributed by atoms with van der Waals surface area (Å²) < 4.78 is 0. The van der Waals surface area contributed by atoms with Gasteiger partial charge in [0, 0.05) is 13.1 Å². The highest BCUT2D eigenvalue weighted by Gasteiger charge is 2.30. The molecule has 0 aromatic heterocycles. The number of likely N-dealkylation sites (N-methyl/N-ethyl adjacent to an activating group) is 1. The first-order valence-electron chi connectivity index (χ1n) is 4.69. The fourth-order valence-electron chi connectivity index (χ4n) is 1.51. The Bertz CT molecular complexity index is 336. The number of fused-ring (bicyclic) bond motifs is 1. The SMILES string of the molecule is CCN(CC)C1=NC=NC2=NN=NC21. The van der Waals surface area contributed by atoms with Crippen molar-refractivity contribution in [3.8, 4) is 0 Å². The minimum atomic E-state index is -0.181. The molecule has 0 saturated heterocycles. The molecule has 1 unspecified atom stereocenters. The Hall–Kier alpha value is -1.59. The summed E-state index contributed by atoms with van der Waals surface area (Å²) in [5, 5.41) is 11.4. The molecule has 1 atom stereocenters. The highest BCUT2D eigenvalue weighted by Crippen LogP contribution is 2.14. The molecule has 0 aromatic rings. The third-order valence-corrected chi connectivity index (χ3v) is 2.27. The van der Waals surface area contributed by atoms with Gasteiger partial charge in [-0.1, -0.05) is 0 Å². The smallest absolute Gasteiger partial charge is 0.192 e. The van der Waals surface area contributed by atoms with Crippen LogP contribution in [0.25, 0.3) is 0 Å². The summed E-state index contributed by atoms with van der Waals surface area (Å²) in [4.78, 5) is 10.4. The van der Waals surface area contributed by atoms with Crippen LogP contribution in [0.1, 0.15) is 13.8 Å². The maximum absolute atomic E-state index is 4.23. The minimum Gasteiger partial charge on any atom is -0.358 e. The molecule has 0 saturated carbocycles. The molecule has 6 heteroatoms. The van der Waals surface area contributed by atoms with E-state index >= 15 is 0 Å². The minimum absolute atomic E-state index is 0.181. The second-order valence-electron chi connectivity index (χ2n) is 2.97. The molecule has 0 aromatic carbocycles. The topological polar surface area (TPSA) is 65.0 Å². The van der Waals surface area contributed by atoms with Gasteiger partial charge in [0.25, 0.3) is 0 Å². The summed E-state index contributed by atoms with van der Waals surface area (Å²) >= 11 is 0. The third-order valence-electron chi connectivity index (χ3n) is 2.27. The van der Waals surface area contributed by atoms with E-state index in [1.807, 2.05) is 0 Å². The van der Waals surface area contributed by atoms with E-state index in [-0.39, 0.29) is 6.04 Å². The second-order valence-corrected chi connectivity index (χ2v) is 2.97. The lowest BCUT2D eigenvalue weighted by Crippen LogP contribution is -2.42. The lowest BCUT2D eigenvalue weighted by molar-refractivity contribution is 0.455. The number of hydrogen-bond acceptors (Lipinski definition) is 6. The van der Waals surface area contributed by atoms with Gasteiger partial charge in [-0.2, -0.15) is 0 Å². The normalized spacial score (nSPS) is 23.1. The van der Waals surface area contributed by atoms with Gasteiger partial charge in [0.15, 0.2) is 11.9 Å². The monoisotopic (exact) mass is 192 g/mol. The van der Waals surface area contributed by atoms with Crippen LogP contribution >= 0.6 is 0 Å². The fourth-order valence-corrected chi connectivity index (χ4v) is 1.51. The molecule has 0 amide bonds. The van der Waals surface area contributed by atoms with Gasteiger partial charge in [0.05, 0.1) is 0 Å². The Morgan fingerprint density at radius 2 is 2.14 bits per heavy atom. The van der Waals surface area contributed by atoms with Gasteiger partial charge >= 0.3 is 0 Å². The van der Waals surface area contributed by atoms with Gasteiger partial charge in [-0.05, 0) is 19.1 Å². The molecule has 2 aliphatic rings. The van der Waals surface area contributed by atoms with Crippen LogP contribution in [-0.2, 0) is 0 Å². The van der Waals surface area contributed by atoms with Crippen molar-refractivity contribution in [1.29, 1.82) is 0 Å². The zero-order chi connectivity index (χ0) is 9.97. The Morgan fingerprint density at radius 1 is 1.36 bits per heavy atom. The van der Waals surface area contributed by atoms with Crippen molar-refractivity contribution in [3.63, 3.8) is 0 Å². The molecule has 0 spiro atoms. The van der Waals surface area contributed by atoms with Crippen LogP contribution < -0.4 is 0 Å². The zero-order valence-electron chi connectivity index (χ0n) is 8.25. The van der Waals surface area contributed by atoms with E-state index in [4.69, 9.17) is 0 Å². The van der Waals surface area contributed by atoms with Crippen molar-refractivity contribution < 1.29 is 0 Å². The lowest BCUT2D eigenvalue weighted by Gasteiger charge is -2.25. The fraction of sp³-hybridized carbons (Fsp3) is 0.625. The van der Waals surface area contributed by atoms with E-state index in [0.717, 1.165) is 18.9 Å². The Balaban J connectivity index is 2.26. The predicted octanol–water partition coefficient (Wildman–Crippen LogP) is 0.916. The first-order valence-corrected chi connectivity index (χ1v) is 4.69. The molecule has 0 bridgehead atoms. The Morgan fingerprint density at radius 3 is 2.86 bits per heavy atom. The van der Waals surface area contributed by atoms with Crippen molar-refractivity contribution >= 4 is 18.0 Å². The van der Waals surface area contributed by atoms with Crippen LogP contribution in [0.15, 0.2) is 25.4 Å². The molecule has 0 radical (unpaired) electrons. The number of amidine groups is 2. The van der Waals surface area contributed by atoms with E-state index in [1.54, 1.807) is 0 Å². The van der Waals surface area contributed by atoms with Crippen LogP contribution in [-0.4, -0.2) is 42.0 Å². The second kappa shape index (κ2) is 3.65. The van der Waals surface area contributed by atoms with Crippen molar-refractivity contribution in [2.45, 2.75) is 19.9 Å². The summed E-state index contributed by atoms with van der Waals surface area (Å²) in [6.07, 6.45) is 1.51. The van der Waals surface area contributed by atoms with Gasteiger partial charge in [-0.15, -0.1) is 10.2 Å². The Labute approximate surface area is 82.1 Å². The first kappa shape index (κ1) is 8.98. The van der Waals surface area contributed by atoms with E-state index in [9.17, 15) is 0 Å². The van der Waals surface area contributed by atoms with Crippen LogP contribution in [0.3, 0.4) is 0 Å². The van der Waals surface area contributed by atoms with Crippen LogP contribution in [0, 0.1) is 0 Å². The van der Waals surface area contributed by atoms with Gasteiger partial charge in [0.1, 0.15) is 12.2 Å². The number of hydrogen-bond donors (Lipinski definition) is 0. The molecule has 14 heavy (non-hydrogen) atoms. The Kier molecular flexibility index (Phi) is 2.34. The maximum atomic E-state index is 4.23. The van der Waals surface area contributed by atoms with Crippen molar-refractivity contribution in [2.24, 2.45) is 25.4 Å². The standard InChI is InChI=1S/C8H12N6/c1-3-14(4-2)8-6-7(9-5-10-8)12-13-11-6/h5-6H,3-4H2,1-2H3. The van der Waals surface area contributed by atoms with Crippen molar-refractivity contribution in [3.05, 3.63) is 0 Å². The molecular formula is C8H12N6.